The molecule has 1 aliphatic carbocycles. The quantitative estimate of drug-likeness (QED) is 0.464. The van der Waals surface area contributed by atoms with Gasteiger partial charge in [-0.2, -0.15) is 0 Å². The molecule has 0 amide bonds. The van der Waals surface area contributed by atoms with Gasteiger partial charge in [0.1, 0.15) is 0 Å². The summed E-state index contributed by atoms with van der Waals surface area (Å²) >= 11 is 0. The fraction of sp³-hybridized carbons (Fsp3) is 0.286. The van der Waals surface area contributed by atoms with E-state index in [1.165, 1.54) is 22.3 Å². The van der Waals surface area contributed by atoms with E-state index >= 15 is 0 Å². The van der Waals surface area contributed by atoms with Crippen molar-refractivity contribution in [3.8, 4) is 11.3 Å². The first-order valence-electron chi connectivity index (χ1n) is 11.9. The van der Waals surface area contributed by atoms with Crippen molar-refractivity contribution >= 4 is 5.95 Å². The molecule has 1 atom stereocenters. The average molecular weight is 436 g/mol. The van der Waals surface area contributed by atoms with Crippen molar-refractivity contribution < 1.29 is 0 Å². The van der Waals surface area contributed by atoms with Gasteiger partial charge in [0.25, 0.3) is 0 Å². The highest BCUT2D eigenvalue weighted by Gasteiger charge is 2.28. The van der Waals surface area contributed by atoms with Crippen molar-refractivity contribution in [2.24, 2.45) is 0 Å². The van der Waals surface area contributed by atoms with E-state index in [-0.39, 0.29) is 0 Å². The molecule has 6 rings (SSSR count). The Morgan fingerprint density at radius 3 is 2.36 bits per heavy atom. The molecule has 0 radical (unpaired) electrons. The van der Waals surface area contributed by atoms with Crippen LogP contribution in [0.1, 0.15) is 22.6 Å². The summed E-state index contributed by atoms with van der Waals surface area (Å²) < 4.78 is 2.25. The van der Waals surface area contributed by atoms with Crippen molar-refractivity contribution in [2.75, 3.05) is 37.6 Å². The zero-order valence-electron chi connectivity index (χ0n) is 18.8. The summed E-state index contributed by atoms with van der Waals surface area (Å²) in [6.45, 7) is 6.17. The number of piperazine rings is 1. The minimum absolute atomic E-state index is 0.355. The monoisotopic (exact) mass is 435 g/mol. The Morgan fingerprint density at radius 2 is 1.55 bits per heavy atom. The Morgan fingerprint density at radius 1 is 0.788 bits per heavy atom. The lowest BCUT2D eigenvalue weighted by atomic mass is 9.78. The van der Waals surface area contributed by atoms with Crippen LogP contribution in [0, 0.1) is 0 Å². The van der Waals surface area contributed by atoms with E-state index in [0.29, 0.717) is 5.92 Å². The van der Waals surface area contributed by atoms with Gasteiger partial charge in [-0.1, -0.05) is 54.6 Å². The summed E-state index contributed by atoms with van der Waals surface area (Å²) in [4.78, 5) is 14.8. The average Bonchev–Trinajstić information content (AvgIpc) is 3.41. The third-order valence-corrected chi connectivity index (χ3v) is 7.06. The van der Waals surface area contributed by atoms with E-state index in [0.717, 1.165) is 57.3 Å². The zero-order chi connectivity index (χ0) is 22.0. The molecule has 1 unspecified atom stereocenters. The van der Waals surface area contributed by atoms with Gasteiger partial charge >= 0.3 is 0 Å². The summed E-state index contributed by atoms with van der Waals surface area (Å²) in [6.07, 6.45) is 7.29. The van der Waals surface area contributed by atoms with Crippen molar-refractivity contribution in [2.45, 2.75) is 18.9 Å². The lowest BCUT2D eigenvalue weighted by molar-refractivity contribution is 0.247. The maximum Gasteiger partial charge on any atom is 0.225 e. The van der Waals surface area contributed by atoms with Gasteiger partial charge in [-0.15, -0.1) is 0 Å². The topological polar surface area (TPSA) is 37.2 Å². The first-order valence-corrected chi connectivity index (χ1v) is 11.9. The standard InChI is InChI=1S/C28H29N5/c1-2-8-22(9-3-1)26-20-23-21-29-28(30-27(23)25-11-5-4-10-24(25)26)33-18-16-32(17-19-33)15-14-31-12-6-7-13-31/h1-13,21,26H,14-20H2. The molecular weight excluding hydrogens is 406 g/mol. The van der Waals surface area contributed by atoms with Gasteiger partial charge in [-0.05, 0) is 35.2 Å². The Labute approximate surface area is 195 Å². The molecule has 5 nitrogen and oxygen atoms in total. The Hall–Kier alpha value is -3.44. The van der Waals surface area contributed by atoms with Gasteiger partial charge in [-0.3, -0.25) is 4.90 Å². The van der Waals surface area contributed by atoms with E-state index in [4.69, 9.17) is 9.97 Å². The molecule has 2 aromatic carbocycles. The second kappa shape index (κ2) is 8.83. The molecule has 2 aromatic heterocycles. The highest BCUT2D eigenvalue weighted by molar-refractivity contribution is 5.72. The number of fused-ring (bicyclic) bond motifs is 3. The van der Waals surface area contributed by atoms with Crippen LogP contribution in [0.25, 0.3) is 11.3 Å². The molecule has 4 aromatic rings. The number of nitrogens with zero attached hydrogens (tertiary/aromatic N) is 5. The zero-order valence-corrected chi connectivity index (χ0v) is 18.8. The first-order chi connectivity index (χ1) is 16.3. The predicted octanol–water partition coefficient (Wildman–Crippen LogP) is 4.46. The van der Waals surface area contributed by atoms with Crippen LogP contribution >= 0.6 is 0 Å². The SMILES string of the molecule is c1ccc(C2Cc3cnc(N4CCN(CCn5cccc5)CC4)nc3-c3ccccc32)cc1. The van der Waals surface area contributed by atoms with Crippen LogP contribution in [0.2, 0.25) is 0 Å². The largest absolute Gasteiger partial charge is 0.353 e. The van der Waals surface area contributed by atoms with E-state index in [9.17, 15) is 0 Å². The van der Waals surface area contributed by atoms with Gasteiger partial charge in [0.2, 0.25) is 5.95 Å². The number of anilines is 1. The predicted molar refractivity (Wildman–Crippen MR) is 133 cm³/mol. The van der Waals surface area contributed by atoms with Gasteiger partial charge in [0.05, 0.1) is 5.69 Å². The second-order valence-electron chi connectivity index (χ2n) is 9.05. The number of aromatic nitrogens is 3. The smallest absolute Gasteiger partial charge is 0.225 e. The van der Waals surface area contributed by atoms with E-state index < -0.39 is 0 Å². The highest BCUT2D eigenvalue weighted by atomic mass is 15.3. The van der Waals surface area contributed by atoms with Crippen molar-refractivity contribution in [3.63, 3.8) is 0 Å². The molecule has 5 heteroatoms. The summed E-state index contributed by atoms with van der Waals surface area (Å²) in [7, 11) is 0. The molecule has 33 heavy (non-hydrogen) atoms. The molecule has 1 saturated heterocycles. The summed E-state index contributed by atoms with van der Waals surface area (Å²) in [6, 6.07) is 23.8. The van der Waals surface area contributed by atoms with Crippen molar-refractivity contribution in [3.05, 3.63) is 102 Å². The van der Waals surface area contributed by atoms with Gasteiger partial charge in [0, 0.05) is 69.3 Å². The normalized spacial score (nSPS) is 18.1. The van der Waals surface area contributed by atoms with Crippen LogP contribution in [0.15, 0.2) is 85.3 Å². The minimum atomic E-state index is 0.355. The molecule has 2 aliphatic rings. The van der Waals surface area contributed by atoms with E-state index in [1.807, 2.05) is 0 Å². The molecule has 0 bridgehead atoms. The molecule has 0 spiro atoms. The van der Waals surface area contributed by atoms with Crippen LogP contribution in [0.5, 0.6) is 0 Å². The molecule has 1 fully saturated rings. The summed E-state index contributed by atoms with van der Waals surface area (Å²) in [5, 5.41) is 0. The number of hydrogen-bond donors (Lipinski definition) is 0. The number of benzene rings is 2. The number of rotatable bonds is 5. The maximum absolute atomic E-state index is 5.11. The van der Waals surface area contributed by atoms with Gasteiger partial charge in [0.15, 0.2) is 0 Å². The number of hydrogen-bond acceptors (Lipinski definition) is 4. The molecule has 3 heterocycles. The van der Waals surface area contributed by atoms with Gasteiger partial charge < -0.3 is 9.47 Å². The van der Waals surface area contributed by atoms with Crippen LogP contribution in [0.4, 0.5) is 5.95 Å². The van der Waals surface area contributed by atoms with Crippen LogP contribution in [-0.2, 0) is 13.0 Å². The molecular formula is C28H29N5. The van der Waals surface area contributed by atoms with Crippen LogP contribution < -0.4 is 4.90 Å². The Balaban J connectivity index is 1.20. The highest BCUT2D eigenvalue weighted by Crippen LogP contribution is 2.41. The fourth-order valence-corrected chi connectivity index (χ4v) is 5.21. The van der Waals surface area contributed by atoms with Crippen molar-refractivity contribution in [1.82, 2.24) is 19.4 Å². The van der Waals surface area contributed by atoms with Crippen LogP contribution in [-0.4, -0.2) is 52.2 Å². The minimum Gasteiger partial charge on any atom is -0.353 e. The lowest BCUT2D eigenvalue weighted by Crippen LogP contribution is -2.47. The molecule has 0 N–H and O–H groups in total. The third kappa shape index (κ3) is 4.05. The van der Waals surface area contributed by atoms with Crippen molar-refractivity contribution in [1.29, 1.82) is 0 Å². The Bertz CT molecular complexity index is 1210. The second-order valence-corrected chi connectivity index (χ2v) is 9.05. The molecule has 166 valence electrons. The van der Waals surface area contributed by atoms with E-state index in [2.05, 4.69) is 99.7 Å². The Kier molecular flexibility index (Phi) is 5.40. The summed E-state index contributed by atoms with van der Waals surface area (Å²) in [5.74, 6) is 1.22. The summed E-state index contributed by atoms with van der Waals surface area (Å²) in [5.41, 5.74) is 6.34. The molecule has 0 saturated carbocycles. The fourth-order valence-electron chi connectivity index (χ4n) is 5.21. The van der Waals surface area contributed by atoms with Gasteiger partial charge in [-0.25, -0.2) is 9.97 Å². The lowest BCUT2D eigenvalue weighted by Gasteiger charge is -2.35. The van der Waals surface area contributed by atoms with Crippen LogP contribution in [0.3, 0.4) is 0 Å². The molecule has 1 aliphatic heterocycles. The van der Waals surface area contributed by atoms with E-state index in [1.54, 1.807) is 0 Å². The maximum atomic E-state index is 5.11. The third-order valence-electron chi connectivity index (χ3n) is 7.06. The first kappa shape index (κ1) is 20.2.